The molecule has 1 fully saturated rings. The van der Waals surface area contributed by atoms with Crippen LogP contribution in [0.4, 0.5) is 0 Å². The van der Waals surface area contributed by atoms with E-state index in [1.807, 2.05) is 12.1 Å². The molecule has 0 amide bonds. The van der Waals surface area contributed by atoms with Crippen molar-refractivity contribution in [3.05, 3.63) is 28.5 Å². The van der Waals surface area contributed by atoms with E-state index < -0.39 is 5.60 Å². The average molecular weight is 285 g/mol. The first-order valence-corrected chi connectivity index (χ1v) is 6.45. The highest BCUT2D eigenvalue weighted by atomic mass is 79.9. The second-order valence-electron chi connectivity index (χ2n) is 4.71. The van der Waals surface area contributed by atoms with E-state index in [2.05, 4.69) is 20.9 Å². The lowest BCUT2D eigenvalue weighted by molar-refractivity contribution is -0.000587. The number of nitrogens with zero attached hydrogens (tertiary/aromatic N) is 1. The van der Waals surface area contributed by atoms with Crippen molar-refractivity contribution in [2.24, 2.45) is 5.73 Å². The summed E-state index contributed by atoms with van der Waals surface area (Å²) in [4.78, 5) is 4.30. The lowest BCUT2D eigenvalue weighted by atomic mass is 9.79. The summed E-state index contributed by atoms with van der Waals surface area (Å²) in [5.41, 5.74) is 6.18. The van der Waals surface area contributed by atoms with E-state index in [-0.39, 0.29) is 6.04 Å². The maximum atomic E-state index is 10.4. The highest BCUT2D eigenvalue weighted by Gasteiger charge is 2.32. The number of pyridine rings is 1. The second kappa shape index (κ2) is 4.82. The molecule has 0 atom stereocenters. The van der Waals surface area contributed by atoms with Gasteiger partial charge in [0.1, 0.15) is 0 Å². The molecule has 4 heteroatoms. The number of hydrogen-bond acceptors (Lipinski definition) is 3. The minimum atomic E-state index is -0.600. The van der Waals surface area contributed by atoms with Crippen molar-refractivity contribution < 1.29 is 5.11 Å². The molecule has 1 saturated carbocycles. The molecule has 1 aromatic rings. The maximum absolute atomic E-state index is 10.4. The van der Waals surface area contributed by atoms with Gasteiger partial charge in [-0.3, -0.25) is 4.98 Å². The van der Waals surface area contributed by atoms with Crippen LogP contribution in [-0.2, 0) is 6.42 Å². The standard InChI is InChI=1S/C12H17BrN2O/c13-9-1-2-11(15-8-9)7-12(16)5-3-10(14)4-6-12/h1-2,8,10,16H,3-7,14H2. The smallest absolute Gasteiger partial charge is 0.0704 e. The van der Waals surface area contributed by atoms with Gasteiger partial charge in [-0.15, -0.1) is 0 Å². The van der Waals surface area contributed by atoms with Crippen LogP contribution < -0.4 is 5.73 Å². The first-order valence-electron chi connectivity index (χ1n) is 5.66. The van der Waals surface area contributed by atoms with Gasteiger partial charge in [-0.1, -0.05) is 0 Å². The molecule has 1 aliphatic carbocycles. The molecule has 2 rings (SSSR count). The van der Waals surface area contributed by atoms with Gasteiger partial charge in [0.25, 0.3) is 0 Å². The number of halogens is 1. The Morgan fingerprint density at radius 1 is 1.44 bits per heavy atom. The lowest BCUT2D eigenvalue weighted by Gasteiger charge is -2.34. The highest BCUT2D eigenvalue weighted by molar-refractivity contribution is 9.10. The quantitative estimate of drug-likeness (QED) is 0.874. The number of aliphatic hydroxyl groups is 1. The van der Waals surface area contributed by atoms with E-state index in [1.165, 1.54) is 0 Å². The number of nitrogens with two attached hydrogens (primary N) is 1. The van der Waals surface area contributed by atoms with Crippen LogP contribution in [0.15, 0.2) is 22.8 Å². The molecule has 1 aromatic heterocycles. The third-order valence-corrected chi connectivity index (χ3v) is 3.73. The Hall–Kier alpha value is -0.450. The van der Waals surface area contributed by atoms with Gasteiger partial charge < -0.3 is 10.8 Å². The number of hydrogen-bond donors (Lipinski definition) is 2. The second-order valence-corrected chi connectivity index (χ2v) is 5.62. The Morgan fingerprint density at radius 2 is 2.12 bits per heavy atom. The molecule has 0 radical (unpaired) electrons. The Kier molecular flexibility index (Phi) is 3.62. The molecule has 1 aliphatic rings. The van der Waals surface area contributed by atoms with E-state index in [4.69, 9.17) is 5.73 Å². The van der Waals surface area contributed by atoms with Gasteiger partial charge in [-0.2, -0.15) is 0 Å². The first-order chi connectivity index (χ1) is 7.57. The third-order valence-electron chi connectivity index (χ3n) is 3.26. The van der Waals surface area contributed by atoms with Crippen LogP contribution in [0.1, 0.15) is 31.4 Å². The van der Waals surface area contributed by atoms with Gasteiger partial charge in [0.15, 0.2) is 0 Å². The minimum absolute atomic E-state index is 0.262. The van der Waals surface area contributed by atoms with Gasteiger partial charge in [0, 0.05) is 28.8 Å². The monoisotopic (exact) mass is 284 g/mol. The fourth-order valence-electron chi connectivity index (χ4n) is 2.20. The molecule has 3 N–H and O–H groups in total. The van der Waals surface area contributed by atoms with Gasteiger partial charge in [0.2, 0.25) is 0 Å². The summed E-state index contributed by atoms with van der Waals surface area (Å²) in [5, 5.41) is 10.4. The molecule has 88 valence electrons. The zero-order valence-electron chi connectivity index (χ0n) is 9.19. The van der Waals surface area contributed by atoms with Crippen molar-refractivity contribution >= 4 is 15.9 Å². The molecule has 3 nitrogen and oxygen atoms in total. The molecule has 1 heterocycles. The van der Waals surface area contributed by atoms with Crippen LogP contribution >= 0.6 is 15.9 Å². The van der Waals surface area contributed by atoms with Gasteiger partial charge in [0.05, 0.1) is 5.60 Å². The summed E-state index contributed by atoms with van der Waals surface area (Å²) >= 11 is 3.35. The van der Waals surface area contributed by atoms with Gasteiger partial charge in [-0.25, -0.2) is 0 Å². The SMILES string of the molecule is NC1CCC(O)(Cc2ccc(Br)cn2)CC1. The van der Waals surface area contributed by atoms with E-state index in [0.29, 0.717) is 6.42 Å². The molecule has 16 heavy (non-hydrogen) atoms. The molecule has 0 aromatic carbocycles. The van der Waals surface area contributed by atoms with Crippen molar-refractivity contribution in [3.8, 4) is 0 Å². The first kappa shape index (κ1) is 12.0. The highest BCUT2D eigenvalue weighted by Crippen LogP contribution is 2.30. The van der Waals surface area contributed by atoms with E-state index in [1.54, 1.807) is 6.20 Å². The van der Waals surface area contributed by atoms with Crippen LogP contribution in [0.2, 0.25) is 0 Å². The van der Waals surface area contributed by atoms with Crippen molar-refractivity contribution in [1.82, 2.24) is 4.98 Å². The van der Waals surface area contributed by atoms with Gasteiger partial charge in [-0.05, 0) is 53.7 Å². The molecular weight excluding hydrogens is 268 g/mol. The molecule has 0 bridgehead atoms. The summed E-state index contributed by atoms with van der Waals surface area (Å²) in [6, 6.07) is 4.18. The zero-order chi connectivity index (χ0) is 11.6. The summed E-state index contributed by atoms with van der Waals surface area (Å²) in [5.74, 6) is 0. The Morgan fingerprint density at radius 3 is 2.69 bits per heavy atom. The topological polar surface area (TPSA) is 59.1 Å². The predicted molar refractivity (Wildman–Crippen MR) is 67.0 cm³/mol. The van der Waals surface area contributed by atoms with Crippen molar-refractivity contribution in [3.63, 3.8) is 0 Å². The minimum Gasteiger partial charge on any atom is -0.389 e. The fraction of sp³-hybridized carbons (Fsp3) is 0.583. The van der Waals surface area contributed by atoms with Gasteiger partial charge >= 0.3 is 0 Å². The molecule has 0 unspecified atom stereocenters. The van der Waals surface area contributed by atoms with Crippen LogP contribution in [-0.4, -0.2) is 21.7 Å². The Labute approximate surface area is 104 Å². The largest absolute Gasteiger partial charge is 0.389 e. The van der Waals surface area contributed by atoms with Crippen LogP contribution in [0.3, 0.4) is 0 Å². The normalized spacial score (nSPS) is 30.3. The van der Waals surface area contributed by atoms with Crippen LogP contribution in [0.5, 0.6) is 0 Å². The van der Waals surface area contributed by atoms with E-state index in [0.717, 1.165) is 35.8 Å². The van der Waals surface area contributed by atoms with E-state index >= 15 is 0 Å². The van der Waals surface area contributed by atoms with E-state index in [9.17, 15) is 5.11 Å². The van der Waals surface area contributed by atoms with Crippen LogP contribution in [0.25, 0.3) is 0 Å². The Balaban J connectivity index is 2.00. The van der Waals surface area contributed by atoms with Crippen molar-refractivity contribution in [2.45, 2.75) is 43.7 Å². The average Bonchev–Trinajstić information content (AvgIpc) is 2.27. The molecule has 0 aliphatic heterocycles. The summed E-state index contributed by atoms with van der Waals surface area (Å²) < 4.78 is 0.967. The van der Waals surface area contributed by atoms with Crippen molar-refractivity contribution in [2.75, 3.05) is 0 Å². The summed E-state index contributed by atoms with van der Waals surface area (Å²) in [6.07, 6.45) is 5.79. The zero-order valence-corrected chi connectivity index (χ0v) is 10.8. The summed E-state index contributed by atoms with van der Waals surface area (Å²) in [6.45, 7) is 0. The summed E-state index contributed by atoms with van der Waals surface area (Å²) in [7, 11) is 0. The molecule has 0 saturated heterocycles. The number of aromatic nitrogens is 1. The third kappa shape index (κ3) is 3.03. The molecular formula is C12H17BrN2O. The molecule has 0 spiro atoms. The fourth-order valence-corrected chi connectivity index (χ4v) is 2.44. The lowest BCUT2D eigenvalue weighted by Crippen LogP contribution is -2.40. The maximum Gasteiger partial charge on any atom is 0.0704 e. The Bertz CT molecular complexity index is 345. The van der Waals surface area contributed by atoms with Crippen LogP contribution in [0, 0.1) is 0 Å². The number of rotatable bonds is 2. The predicted octanol–water partition coefficient (Wildman–Crippen LogP) is 2.02. The van der Waals surface area contributed by atoms with Crippen molar-refractivity contribution in [1.29, 1.82) is 0 Å².